The number of hydrogen-bond acceptors (Lipinski definition) is 3. The van der Waals surface area contributed by atoms with E-state index in [9.17, 15) is 14.4 Å². The Morgan fingerprint density at radius 1 is 1.35 bits per heavy atom. The molecule has 0 radical (unpaired) electrons. The van der Waals surface area contributed by atoms with Crippen molar-refractivity contribution in [2.24, 2.45) is 0 Å². The molecule has 0 atom stereocenters. The van der Waals surface area contributed by atoms with Crippen molar-refractivity contribution < 1.29 is 19.5 Å². The van der Waals surface area contributed by atoms with Crippen LogP contribution in [0.5, 0.6) is 0 Å². The Morgan fingerprint density at radius 3 is 2.59 bits per heavy atom. The maximum Gasteiger partial charge on any atom is 0.336 e. The van der Waals surface area contributed by atoms with E-state index >= 15 is 0 Å². The van der Waals surface area contributed by atoms with Crippen LogP contribution >= 0.6 is 0 Å². The molecule has 0 saturated carbocycles. The van der Waals surface area contributed by atoms with Crippen LogP contribution in [0.3, 0.4) is 0 Å². The van der Waals surface area contributed by atoms with E-state index in [2.05, 4.69) is 5.32 Å². The minimum Gasteiger partial charge on any atom is -0.478 e. The lowest BCUT2D eigenvalue weighted by molar-refractivity contribution is -0.115. The molecule has 0 unspecified atom stereocenters. The molecule has 0 aliphatic carbocycles. The van der Waals surface area contributed by atoms with Crippen molar-refractivity contribution in [1.82, 2.24) is 5.32 Å². The van der Waals surface area contributed by atoms with Gasteiger partial charge in [0.05, 0.1) is 5.56 Å². The Labute approximate surface area is 97.8 Å². The van der Waals surface area contributed by atoms with Crippen LogP contribution in [0.1, 0.15) is 26.3 Å². The summed E-state index contributed by atoms with van der Waals surface area (Å²) in [6.07, 6.45) is 3.18. The van der Waals surface area contributed by atoms with Gasteiger partial charge in [0.1, 0.15) is 6.29 Å². The normalized spacial score (nSPS) is 10.2. The van der Waals surface area contributed by atoms with E-state index in [1.54, 1.807) is 0 Å². The fourth-order valence-electron chi connectivity index (χ4n) is 1.24. The first kappa shape index (κ1) is 12.6. The van der Waals surface area contributed by atoms with Gasteiger partial charge in [0.25, 0.3) is 0 Å². The molecule has 1 aromatic carbocycles. The maximum absolute atomic E-state index is 11.0. The Morgan fingerprint density at radius 2 is 2.06 bits per heavy atom. The highest BCUT2D eigenvalue weighted by atomic mass is 16.4. The van der Waals surface area contributed by atoms with Crippen molar-refractivity contribution >= 4 is 24.2 Å². The Bertz CT molecular complexity index is 491. The number of likely N-dealkylation sites (N-methyl/N-ethyl adjacent to an activating group) is 1. The summed E-state index contributed by atoms with van der Waals surface area (Å²) in [5, 5.41) is 11.3. The third-order valence-electron chi connectivity index (χ3n) is 2.10. The number of carboxylic acid groups (broad SMARTS) is 1. The number of rotatable bonds is 4. The van der Waals surface area contributed by atoms with Gasteiger partial charge in [-0.1, -0.05) is 6.07 Å². The zero-order valence-corrected chi connectivity index (χ0v) is 9.14. The van der Waals surface area contributed by atoms with Gasteiger partial charge in [0, 0.05) is 18.7 Å². The van der Waals surface area contributed by atoms with Gasteiger partial charge in [-0.05, 0) is 23.8 Å². The topological polar surface area (TPSA) is 83.5 Å². The zero-order valence-electron chi connectivity index (χ0n) is 9.14. The highest BCUT2D eigenvalue weighted by molar-refractivity contribution is 5.97. The van der Waals surface area contributed by atoms with Crippen molar-refractivity contribution in [2.45, 2.75) is 0 Å². The summed E-state index contributed by atoms with van der Waals surface area (Å²) in [6, 6.07) is 4.15. The number of aromatic carboxylic acids is 1. The summed E-state index contributed by atoms with van der Waals surface area (Å²) in [7, 11) is 1.46. The molecule has 1 rings (SSSR count). The second-order valence-electron chi connectivity index (χ2n) is 3.22. The van der Waals surface area contributed by atoms with Crippen LogP contribution in [0.25, 0.3) is 6.08 Å². The van der Waals surface area contributed by atoms with Gasteiger partial charge >= 0.3 is 5.97 Å². The van der Waals surface area contributed by atoms with E-state index in [-0.39, 0.29) is 11.5 Å². The number of carbonyl (C=O) groups is 3. The summed E-state index contributed by atoms with van der Waals surface area (Å²) in [6.45, 7) is 0. The minimum atomic E-state index is -1.11. The standard InChI is InChI=1S/C12H11NO4/c1-13-11(15)5-3-9-6-8(7-14)2-4-10(9)12(16)17/h2-7H,1H3,(H,13,15)(H,16,17)/b5-3+. The molecule has 0 saturated heterocycles. The van der Waals surface area contributed by atoms with Crippen LogP contribution in [0, 0.1) is 0 Å². The molecular weight excluding hydrogens is 222 g/mol. The molecule has 0 fully saturated rings. The third-order valence-corrected chi connectivity index (χ3v) is 2.10. The molecule has 5 heteroatoms. The monoisotopic (exact) mass is 233 g/mol. The molecule has 2 N–H and O–H groups in total. The minimum absolute atomic E-state index is 0.0377. The summed E-state index contributed by atoms with van der Waals surface area (Å²) in [5.74, 6) is -1.46. The lowest BCUT2D eigenvalue weighted by atomic mass is 10.0. The lowest BCUT2D eigenvalue weighted by Crippen LogP contribution is -2.14. The van der Waals surface area contributed by atoms with Gasteiger partial charge in [0.2, 0.25) is 5.91 Å². The van der Waals surface area contributed by atoms with Gasteiger partial charge in [-0.15, -0.1) is 0 Å². The SMILES string of the molecule is CNC(=O)/C=C/c1cc(C=O)ccc1C(=O)O. The number of carboxylic acids is 1. The molecule has 1 amide bonds. The molecule has 0 aromatic heterocycles. The quantitative estimate of drug-likeness (QED) is 0.599. The molecule has 88 valence electrons. The maximum atomic E-state index is 11.0. The molecule has 5 nitrogen and oxygen atoms in total. The van der Waals surface area contributed by atoms with E-state index in [0.717, 1.165) is 0 Å². The summed E-state index contributed by atoms with van der Waals surface area (Å²) in [5.41, 5.74) is 0.702. The van der Waals surface area contributed by atoms with Crippen molar-refractivity contribution in [1.29, 1.82) is 0 Å². The van der Waals surface area contributed by atoms with Crippen LogP contribution in [0.4, 0.5) is 0 Å². The van der Waals surface area contributed by atoms with Crippen molar-refractivity contribution in [3.05, 3.63) is 41.0 Å². The summed E-state index contributed by atoms with van der Waals surface area (Å²) >= 11 is 0. The fourth-order valence-corrected chi connectivity index (χ4v) is 1.24. The average Bonchev–Trinajstić information content (AvgIpc) is 2.35. The third kappa shape index (κ3) is 3.27. The van der Waals surface area contributed by atoms with E-state index in [1.807, 2.05) is 0 Å². The highest BCUT2D eigenvalue weighted by Gasteiger charge is 2.08. The Hall–Kier alpha value is -2.43. The number of aldehydes is 1. The van der Waals surface area contributed by atoms with Crippen LogP contribution in [0.2, 0.25) is 0 Å². The number of hydrogen-bond donors (Lipinski definition) is 2. The second-order valence-corrected chi connectivity index (χ2v) is 3.22. The van der Waals surface area contributed by atoms with Crippen LogP contribution in [-0.4, -0.2) is 30.3 Å². The fraction of sp³-hybridized carbons (Fsp3) is 0.0833. The van der Waals surface area contributed by atoms with Crippen LogP contribution in [-0.2, 0) is 4.79 Å². The van der Waals surface area contributed by atoms with Crippen LogP contribution < -0.4 is 5.32 Å². The molecular formula is C12H11NO4. The number of carbonyl (C=O) groups excluding carboxylic acids is 2. The smallest absolute Gasteiger partial charge is 0.336 e. The first-order chi connectivity index (χ1) is 8.08. The number of amides is 1. The molecule has 0 aliphatic heterocycles. The van der Waals surface area contributed by atoms with Crippen molar-refractivity contribution in [3.8, 4) is 0 Å². The van der Waals surface area contributed by atoms with E-state index < -0.39 is 5.97 Å². The highest BCUT2D eigenvalue weighted by Crippen LogP contribution is 2.13. The molecule has 1 aromatic rings. The van der Waals surface area contributed by atoms with Gasteiger partial charge in [-0.3, -0.25) is 9.59 Å². The molecule has 0 heterocycles. The summed E-state index contributed by atoms with van der Waals surface area (Å²) in [4.78, 5) is 32.5. The van der Waals surface area contributed by atoms with Gasteiger partial charge in [-0.25, -0.2) is 4.79 Å². The lowest BCUT2D eigenvalue weighted by Gasteiger charge is -2.01. The number of nitrogens with one attached hydrogen (secondary N) is 1. The molecule has 0 bridgehead atoms. The van der Waals surface area contributed by atoms with E-state index in [1.165, 1.54) is 37.4 Å². The second kappa shape index (κ2) is 5.60. The van der Waals surface area contributed by atoms with Gasteiger partial charge < -0.3 is 10.4 Å². The van der Waals surface area contributed by atoms with Gasteiger partial charge in [-0.2, -0.15) is 0 Å². The van der Waals surface area contributed by atoms with E-state index in [4.69, 9.17) is 5.11 Å². The molecule has 0 spiro atoms. The average molecular weight is 233 g/mol. The van der Waals surface area contributed by atoms with E-state index in [0.29, 0.717) is 17.4 Å². The zero-order chi connectivity index (χ0) is 12.8. The predicted octanol–water partition coefficient (Wildman–Crippen LogP) is 0.957. The number of benzene rings is 1. The molecule has 0 aliphatic rings. The largest absolute Gasteiger partial charge is 0.478 e. The van der Waals surface area contributed by atoms with Gasteiger partial charge in [0.15, 0.2) is 0 Å². The first-order valence-electron chi connectivity index (χ1n) is 4.80. The predicted molar refractivity (Wildman–Crippen MR) is 61.9 cm³/mol. The van der Waals surface area contributed by atoms with Crippen LogP contribution in [0.15, 0.2) is 24.3 Å². The Balaban J connectivity index is 3.18. The first-order valence-corrected chi connectivity index (χ1v) is 4.80. The summed E-state index contributed by atoms with van der Waals surface area (Å²) < 4.78 is 0. The molecule has 17 heavy (non-hydrogen) atoms. The van der Waals surface area contributed by atoms with Crippen molar-refractivity contribution in [2.75, 3.05) is 7.05 Å². The Kier molecular flexibility index (Phi) is 4.16. The van der Waals surface area contributed by atoms with Crippen molar-refractivity contribution in [3.63, 3.8) is 0 Å².